The molecule has 4 N–H and O–H groups in total. The van der Waals surface area contributed by atoms with Crippen molar-refractivity contribution in [2.75, 3.05) is 17.7 Å². The predicted octanol–water partition coefficient (Wildman–Crippen LogP) is 1.32. The SMILES string of the molecule is CNc1cc(NC(C)(C)C(N)=O)nc(C(C)C)n1. The topological polar surface area (TPSA) is 92.9 Å². The second kappa shape index (κ2) is 5.20. The van der Waals surface area contributed by atoms with Gasteiger partial charge in [0.25, 0.3) is 0 Å². The van der Waals surface area contributed by atoms with Gasteiger partial charge in [-0.05, 0) is 13.8 Å². The fraction of sp³-hybridized carbons (Fsp3) is 0.583. The lowest BCUT2D eigenvalue weighted by Crippen LogP contribution is -2.45. The Hall–Kier alpha value is -1.85. The Labute approximate surface area is 107 Å². The standard InChI is InChI=1S/C12H21N5O/c1-7(2)10-15-8(14-5)6-9(16-10)17-12(3,4)11(13)18/h6-7H,1-5H3,(H2,13,18)(H2,14,15,16,17). The fourth-order valence-electron chi connectivity index (χ4n) is 1.30. The van der Waals surface area contributed by atoms with Crippen LogP contribution in [-0.2, 0) is 4.79 Å². The molecule has 1 amide bonds. The molecule has 0 aromatic carbocycles. The summed E-state index contributed by atoms with van der Waals surface area (Å²) in [7, 11) is 1.79. The first kappa shape index (κ1) is 14.2. The van der Waals surface area contributed by atoms with Gasteiger partial charge in [0.1, 0.15) is 23.0 Å². The first-order valence-corrected chi connectivity index (χ1v) is 5.91. The number of aromatic nitrogens is 2. The summed E-state index contributed by atoms with van der Waals surface area (Å²) in [5.41, 5.74) is 4.47. The highest BCUT2D eigenvalue weighted by Crippen LogP contribution is 2.19. The molecule has 6 heteroatoms. The smallest absolute Gasteiger partial charge is 0.242 e. The van der Waals surface area contributed by atoms with Crippen LogP contribution in [0.25, 0.3) is 0 Å². The summed E-state index contributed by atoms with van der Waals surface area (Å²) >= 11 is 0. The van der Waals surface area contributed by atoms with E-state index < -0.39 is 11.4 Å². The number of amides is 1. The fourth-order valence-corrected chi connectivity index (χ4v) is 1.30. The third-order valence-electron chi connectivity index (χ3n) is 2.57. The molecule has 0 radical (unpaired) electrons. The average molecular weight is 251 g/mol. The first-order chi connectivity index (χ1) is 8.26. The maximum atomic E-state index is 11.3. The van der Waals surface area contributed by atoms with Gasteiger partial charge >= 0.3 is 0 Å². The number of primary amides is 1. The van der Waals surface area contributed by atoms with E-state index in [0.717, 1.165) is 0 Å². The Kier molecular flexibility index (Phi) is 4.11. The molecule has 18 heavy (non-hydrogen) atoms. The molecule has 100 valence electrons. The van der Waals surface area contributed by atoms with Crippen molar-refractivity contribution in [2.24, 2.45) is 5.73 Å². The van der Waals surface area contributed by atoms with Gasteiger partial charge in [0.2, 0.25) is 5.91 Å². The summed E-state index contributed by atoms with van der Waals surface area (Å²) in [5.74, 6) is 1.77. The number of nitrogens with one attached hydrogen (secondary N) is 2. The van der Waals surface area contributed by atoms with Crippen LogP contribution in [0.3, 0.4) is 0 Å². The molecule has 0 aliphatic rings. The minimum atomic E-state index is -0.854. The molecule has 1 aromatic rings. The van der Waals surface area contributed by atoms with Gasteiger partial charge in [-0.25, -0.2) is 9.97 Å². The molecule has 0 saturated heterocycles. The number of carbonyl (C=O) groups is 1. The highest BCUT2D eigenvalue weighted by molar-refractivity contribution is 5.86. The molecule has 0 bridgehead atoms. The van der Waals surface area contributed by atoms with E-state index in [2.05, 4.69) is 20.6 Å². The van der Waals surface area contributed by atoms with Crippen molar-refractivity contribution in [3.8, 4) is 0 Å². The van der Waals surface area contributed by atoms with E-state index in [0.29, 0.717) is 17.5 Å². The lowest BCUT2D eigenvalue weighted by Gasteiger charge is -2.23. The maximum absolute atomic E-state index is 11.3. The molecule has 0 atom stereocenters. The minimum Gasteiger partial charge on any atom is -0.373 e. The number of anilines is 2. The predicted molar refractivity (Wildman–Crippen MR) is 72.6 cm³/mol. The van der Waals surface area contributed by atoms with Crippen LogP contribution >= 0.6 is 0 Å². The van der Waals surface area contributed by atoms with Crippen molar-refractivity contribution >= 4 is 17.5 Å². The van der Waals surface area contributed by atoms with E-state index in [1.165, 1.54) is 0 Å². The molecule has 6 nitrogen and oxygen atoms in total. The van der Waals surface area contributed by atoms with Gasteiger partial charge in [-0.15, -0.1) is 0 Å². The van der Waals surface area contributed by atoms with E-state index in [1.54, 1.807) is 27.0 Å². The molecular formula is C12H21N5O. The molecule has 0 fully saturated rings. The van der Waals surface area contributed by atoms with Crippen LogP contribution in [0.2, 0.25) is 0 Å². The second-order valence-electron chi connectivity index (χ2n) is 5.02. The molecule has 0 spiro atoms. The highest BCUT2D eigenvalue weighted by Gasteiger charge is 2.25. The van der Waals surface area contributed by atoms with Gasteiger partial charge in [-0.2, -0.15) is 0 Å². The van der Waals surface area contributed by atoms with Crippen molar-refractivity contribution < 1.29 is 4.79 Å². The number of nitrogens with zero attached hydrogens (tertiary/aromatic N) is 2. The molecule has 1 aromatic heterocycles. The van der Waals surface area contributed by atoms with Gasteiger partial charge in [-0.3, -0.25) is 4.79 Å². The lowest BCUT2D eigenvalue weighted by atomic mass is 10.1. The Bertz CT molecular complexity index is 442. The number of nitrogens with two attached hydrogens (primary N) is 1. The maximum Gasteiger partial charge on any atom is 0.242 e. The van der Waals surface area contributed by atoms with Crippen molar-refractivity contribution in [3.63, 3.8) is 0 Å². The summed E-state index contributed by atoms with van der Waals surface area (Å²) in [4.78, 5) is 20.0. The van der Waals surface area contributed by atoms with Gasteiger partial charge < -0.3 is 16.4 Å². The molecule has 1 rings (SSSR count). The van der Waals surface area contributed by atoms with Crippen molar-refractivity contribution in [1.29, 1.82) is 0 Å². The molecule has 0 unspecified atom stereocenters. The Morgan fingerprint density at radius 2 is 1.89 bits per heavy atom. The van der Waals surface area contributed by atoms with E-state index in [1.807, 2.05) is 13.8 Å². The van der Waals surface area contributed by atoms with Crippen molar-refractivity contribution in [3.05, 3.63) is 11.9 Å². The van der Waals surface area contributed by atoms with Crippen molar-refractivity contribution in [2.45, 2.75) is 39.2 Å². The van der Waals surface area contributed by atoms with Crippen LogP contribution in [0.4, 0.5) is 11.6 Å². The third kappa shape index (κ3) is 3.32. The molecule has 1 heterocycles. The quantitative estimate of drug-likeness (QED) is 0.734. The summed E-state index contributed by atoms with van der Waals surface area (Å²) in [6.45, 7) is 7.45. The van der Waals surface area contributed by atoms with Crippen molar-refractivity contribution in [1.82, 2.24) is 9.97 Å². The van der Waals surface area contributed by atoms with Crippen LogP contribution in [-0.4, -0.2) is 28.5 Å². The number of carbonyl (C=O) groups excluding carboxylic acids is 1. The van der Waals surface area contributed by atoms with Crippen LogP contribution in [0.5, 0.6) is 0 Å². The summed E-state index contributed by atoms with van der Waals surface area (Å²) in [6.07, 6.45) is 0. The minimum absolute atomic E-state index is 0.204. The zero-order chi connectivity index (χ0) is 13.9. The van der Waals surface area contributed by atoms with E-state index in [-0.39, 0.29) is 5.92 Å². The van der Waals surface area contributed by atoms with Crippen LogP contribution in [0.15, 0.2) is 6.07 Å². The van der Waals surface area contributed by atoms with Crippen LogP contribution in [0.1, 0.15) is 39.4 Å². The monoisotopic (exact) mass is 251 g/mol. The largest absolute Gasteiger partial charge is 0.373 e. The summed E-state index contributed by atoms with van der Waals surface area (Å²) < 4.78 is 0. The zero-order valence-corrected chi connectivity index (χ0v) is 11.5. The summed E-state index contributed by atoms with van der Waals surface area (Å²) in [6, 6.07) is 1.75. The van der Waals surface area contributed by atoms with Crippen LogP contribution in [0, 0.1) is 0 Å². The summed E-state index contributed by atoms with van der Waals surface area (Å²) in [5, 5.41) is 5.99. The van der Waals surface area contributed by atoms with E-state index in [4.69, 9.17) is 5.73 Å². The molecule has 0 aliphatic carbocycles. The zero-order valence-electron chi connectivity index (χ0n) is 11.5. The Morgan fingerprint density at radius 1 is 1.33 bits per heavy atom. The number of hydrogen-bond donors (Lipinski definition) is 3. The van der Waals surface area contributed by atoms with Gasteiger partial charge in [-0.1, -0.05) is 13.8 Å². The molecule has 0 saturated carbocycles. The van der Waals surface area contributed by atoms with Gasteiger partial charge in [0, 0.05) is 19.0 Å². The first-order valence-electron chi connectivity index (χ1n) is 5.91. The average Bonchev–Trinajstić information content (AvgIpc) is 2.27. The highest BCUT2D eigenvalue weighted by atomic mass is 16.1. The molecule has 0 aliphatic heterocycles. The Morgan fingerprint density at radius 3 is 2.33 bits per heavy atom. The van der Waals surface area contributed by atoms with E-state index >= 15 is 0 Å². The van der Waals surface area contributed by atoms with Gasteiger partial charge in [0.15, 0.2) is 0 Å². The lowest BCUT2D eigenvalue weighted by molar-refractivity contribution is -0.121. The van der Waals surface area contributed by atoms with E-state index in [9.17, 15) is 4.79 Å². The van der Waals surface area contributed by atoms with Gasteiger partial charge in [0.05, 0.1) is 0 Å². The third-order valence-corrected chi connectivity index (χ3v) is 2.57. The number of hydrogen-bond acceptors (Lipinski definition) is 5. The number of rotatable bonds is 5. The Balaban J connectivity index is 3.09. The second-order valence-corrected chi connectivity index (χ2v) is 5.02. The normalized spacial score (nSPS) is 11.4. The van der Waals surface area contributed by atoms with Crippen LogP contribution < -0.4 is 16.4 Å². The molecular weight excluding hydrogens is 230 g/mol.